The Morgan fingerprint density at radius 3 is 2.69 bits per heavy atom. The second-order valence-electron chi connectivity index (χ2n) is 4.18. The Bertz CT molecular complexity index is 332. The van der Waals surface area contributed by atoms with Crippen molar-refractivity contribution in [2.75, 3.05) is 13.1 Å². The van der Waals surface area contributed by atoms with Crippen LogP contribution in [0.25, 0.3) is 0 Å². The summed E-state index contributed by atoms with van der Waals surface area (Å²) >= 11 is 0. The normalized spacial score (nSPS) is 26.4. The number of aliphatic hydroxyl groups excluding tert-OH is 2. The van der Waals surface area contributed by atoms with E-state index in [0.29, 0.717) is 25.5 Å². The van der Waals surface area contributed by atoms with Crippen molar-refractivity contribution in [1.82, 2.24) is 15.0 Å². The van der Waals surface area contributed by atoms with Gasteiger partial charge in [-0.2, -0.15) is 4.98 Å². The van der Waals surface area contributed by atoms with E-state index < -0.39 is 12.2 Å². The summed E-state index contributed by atoms with van der Waals surface area (Å²) in [5, 5.41) is 22.6. The van der Waals surface area contributed by atoms with Crippen LogP contribution in [0.15, 0.2) is 4.52 Å². The van der Waals surface area contributed by atoms with E-state index in [9.17, 15) is 10.2 Å². The number of hydrogen-bond donors (Lipinski definition) is 2. The second-order valence-corrected chi connectivity index (χ2v) is 4.18. The number of nitrogens with zero attached hydrogens (tertiary/aromatic N) is 3. The highest BCUT2D eigenvalue weighted by Gasteiger charge is 2.30. The molecule has 6 nitrogen and oxygen atoms in total. The molecule has 0 spiro atoms. The van der Waals surface area contributed by atoms with Gasteiger partial charge in [-0.3, -0.25) is 4.90 Å². The predicted molar refractivity (Wildman–Crippen MR) is 55.6 cm³/mol. The molecule has 1 aliphatic rings. The van der Waals surface area contributed by atoms with E-state index in [1.165, 1.54) is 0 Å². The Balaban J connectivity index is 1.89. The number of β-amino-alcohol motifs (C(OH)–C–C–N with tert-alkyl or cyclic N) is 2. The molecule has 0 bridgehead atoms. The topological polar surface area (TPSA) is 82.6 Å². The van der Waals surface area contributed by atoms with Crippen molar-refractivity contribution in [2.45, 2.75) is 38.5 Å². The van der Waals surface area contributed by atoms with Crippen molar-refractivity contribution < 1.29 is 14.7 Å². The van der Waals surface area contributed by atoms with Crippen LogP contribution in [0.2, 0.25) is 0 Å². The number of aromatic nitrogens is 2. The van der Waals surface area contributed by atoms with E-state index in [2.05, 4.69) is 17.1 Å². The number of aliphatic hydroxyl groups is 2. The van der Waals surface area contributed by atoms with Gasteiger partial charge < -0.3 is 14.7 Å². The van der Waals surface area contributed by atoms with Gasteiger partial charge in [-0.1, -0.05) is 12.1 Å². The summed E-state index contributed by atoms with van der Waals surface area (Å²) in [5.41, 5.74) is 0. The molecule has 2 atom stereocenters. The van der Waals surface area contributed by atoms with Crippen LogP contribution in [0.3, 0.4) is 0 Å². The largest absolute Gasteiger partial charge is 0.389 e. The van der Waals surface area contributed by atoms with Gasteiger partial charge in [-0.05, 0) is 6.42 Å². The summed E-state index contributed by atoms with van der Waals surface area (Å²) in [7, 11) is 0. The molecule has 2 unspecified atom stereocenters. The Morgan fingerprint density at radius 1 is 1.38 bits per heavy atom. The van der Waals surface area contributed by atoms with E-state index in [1.807, 2.05) is 4.90 Å². The van der Waals surface area contributed by atoms with Gasteiger partial charge >= 0.3 is 0 Å². The predicted octanol–water partition coefficient (Wildman–Crippen LogP) is -0.441. The van der Waals surface area contributed by atoms with Crippen LogP contribution in [0.4, 0.5) is 0 Å². The monoisotopic (exact) mass is 227 g/mol. The third-order valence-corrected chi connectivity index (χ3v) is 2.68. The molecule has 0 radical (unpaired) electrons. The van der Waals surface area contributed by atoms with Crippen LogP contribution in [0.5, 0.6) is 0 Å². The van der Waals surface area contributed by atoms with E-state index in [0.717, 1.165) is 18.7 Å². The van der Waals surface area contributed by atoms with E-state index in [4.69, 9.17) is 4.52 Å². The van der Waals surface area contributed by atoms with Gasteiger partial charge in [-0.25, -0.2) is 0 Å². The van der Waals surface area contributed by atoms with Gasteiger partial charge in [0.1, 0.15) is 0 Å². The summed E-state index contributed by atoms with van der Waals surface area (Å²) < 4.78 is 5.08. The highest BCUT2D eigenvalue weighted by molar-refractivity contribution is 4.90. The Kier molecular flexibility index (Phi) is 3.52. The molecule has 2 heterocycles. The van der Waals surface area contributed by atoms with E-state index >= 15 is 0 Å². The molecule has 1 aliphatic heterocycles. The zero-order valence-corrected chi connectivity index (χ0v) is 9.33. The quantitative estimate of drug-likeness (QED) is 0.725. The van der Waals surface area contributed by atoms with Gasteiger partial charge in [0, 0.05) is 19.5 Å². The van der Waals surface area contributed by atoms with Crippen LogP contribution in [0, 0.1) is 0 Å². The van der Waals surface area contributed by atoms with Crippen LogP contribution >= 0.6 is 0 Å². The van der Waals surface area contributed by atoms with Crippen LogP contribution < -0.4 is 0 Å². The first-order valence-corrected chi connectivity index (χ1v) is 5.59. The lowest BCUT2D eigenvalue weighted by Crippen LogP contribution is -2.22. The van der Waals surface area contributed by atoms with Crippen molar-refractivity contribution in [2.24, 2.45) is 0 Å². The minimum atomic E-state index is -0.668. The first-order chi connectivity index (χ1) is 7.69. The maximum absolute atomic E-state index is 9.38. The van der Waals surface area contributed by atoms with Crippen molar-refractivity contribution in [3.63, 3.8) is 0 Å². The molecular formula is C10H17N3O3. The van der Waals surface area contributed by atoms with Gasteiger partial charge in [0.2, 0.25) is 5.89 Å². The molecule has 0 aromatic carbocycles. The van der Waals surface area contributed by atoms with Crippen molar-refractivity contribution in [3.05, 3.63) is 11.7 Å². The Morgan fingerprint density at radius 2 is 2.06 bits per heavy atom. The van der Waals surface area contributed by atoms with Crippen LogP contribution in [-0.4, -0.2) is 50.6 Å². The lowest BCUT2D eigenvalue weighted by molar-refractivity contribution is 0.0572. The molecule has 0 aliphatic carbocycles. The fourth-order valence-corrected chi connectivity index (χ4v) is 1.85. The summed E-state index contributed by atoms with van der Waals surface area (Å²) in [4.78, 5) is 6.13. The molecule has 6 heteroatoms. The maximum atomic E-state index is 9.38. The van der Waals surface area contributed by atoms with Crippen LogP contribution in [-0.2, 0) is 13.0 Å². The summed E-state index contributed by atoms with van der Waals surface area (Å²) in [5.74, 6) is 1.27. The fraction of sp³-hybridized carbons (Fsp3) is 0.800. The molecule has 90 valence electrons. The summed E-state index contributed by atoms with van der Waals surface area (Å²) in [6.07, 6.45) is 0.463. The highest BCUT2D eigenvalue weighted by Crippen LogP contribution is 2.13. The average molecular weight is 227 g/mol. The molecule has 1 aromatic rings. The van der Waals surface area contributed by atoms with Gasteiger partial charge in [-0.15, -0.1) is 0 Å². The van der Waals surface area contributed by atoms with Gasteiger partial charge in [0.25, 0.3) is 0 Å². The molecule has 16 heavy (non-hydrogen) atoms. The van der Waals surface area contributed by atoms with Gasteiger partial charge in [0.05, 0.1) is 18.8 Å². The number of rotatable bonds is 4. The maximum Gasteiger partial charge on any atom is 0.240 e. The van der Waals surface area contributed by atoms with E-state index in [-0.39, 0.29) is 0 Å². The zero-order chi connectivity index (χ0) is 11.5. The van der Waals surface area contributed by atoms with Crippen molar-refractivity contribution >= 4 is 0 Å². The highest BCUT2D eigenvalue weighted by atomic mass is 16.5. The molecule has 1 fully saturated rings. The molecule has 2 rings (SSSR count). The minimum absolute atomic E-state index is 0.451. The van der Waals surface area contributed by atoms with Crippen molar-refractivity contribution in [3.8, 4) is 0 Å². The summed E-state index contributed by atoms with van der Waals surface area (Å²) in [6, 6.07) is 0. The second kappa shape index (κ2) is 4.90. The lowest BCUT2D eigenvalue weighted by Gasteiger charge is -2.10. The Hall–Kier alpha value is -0.980. The molecule has 0 amide bonds. The molecule has 1 aromatic heterocycles. The van der Waals surface area contributed by atoms with Crippen LogP contribution in [0.1, 0.15) is 25.1 Å². The van der Waals surface area contributed by atoms with Crippen molar-refractivity contribution in [1.29, 1.82) is 0 Å². The molecule has 2 N–H and O–H groups in total. The zero-order valence-electron chi connectivity index (χ0n) is 9.33. The first-order valence-electron chi connectivity index (χ1n) is 5.59. The lowest BCUT2D eigenvalue weighted by atomic mass is 10.3. The number of likely N-dealkylation sites (tertiary alicyclic amines) is 1. The smallest absolute Gasteiger partial charge is 0.240 e. The third kappa shape index (κ3) is 2.58. The molecular weight excluding hydrogens is 210 g/mol. The third-order valence-electron chi connectivity index (χ3n) is 2.68. The minimum Gasteiger partial charge on any atom is -0.389 e. The fourth-order valence-electron chi connectivity index (χ4n) is 1.85. The van der Waals surface area contributed by atoms with E-state index in [1.54, 1.807) is 0 Å². The SMILES string of the molecule is CCCc1noc(CN2CC(O)C(O)C2)n1. The van der Waals surface area contributed by atoms with Gasteiger partial charge in [0.15, 0.2) is 5.82 Å². The Labute approximate surface area is 93.9 Å². The average Bonchev–Trinajstić information content (AvgIpc) is 2.77. The number of aryl methyl sites for hydroxylation is 1. The first kappa shape index (κ1) is 11.5. The standard InChI is InChI=1S/C10H17N3O3/c1-2-3-9-11-10(16-12-9)6-13-4-7(14)8(15)5-13/h7-8,14-15H,2-6H2,1H3. The molecule has 1 saturated heterocycles. The summed E-state index contributed by atoms with van der Waals surface area (Å²) in [6.45, 7) is 3.45. The number of hydrogen-bond acceptors (Lipinski definition) is 6. The molecule has 0 saturated carbocycles.